The number of aromatic nitrogens is 1. The highest BCUT2D eigenvalue weighted by atomic mass is 35.5. The van der Waals surface area contributed by atoms with E-state index in [-0.39, 0.29) is 5.78 Å². The molecule has 0 spiro atoms. The Morgan fingerprint density at radius 1 is 1.20 bits per heavy atom. The lowest BCUT2D eigenvalue weighted by Crippen LogP contribution is -2.29. The van der Waals surface area contributed by atoms with Gasteiger partial charge in [0, 0.05) is 18.3 Å². The van der Waals surface area contributed by atoms with Crippen molar-refractivity contribution in [1.29, 1.82) is 0 Å². The summed E-state index contributed by atoms with van der Waals surface area (Å²) in [7, 11) is 0. The van der Waals surface area contributed by atoms with Crippen molar-refractivity contribution >= 4 is 17.4 Å². The maximum atomic E-state index is 12.3. The minimum Gasteiger partial charge on any atom is -0.293 e. The van der Waals surface area contributed by atoms with Crippen molar-refractivity contribution in [3.8, 4) is 0 Å². The van der Waals surface area contributed by atoms with Crippen LogP contribution < -0.4 is 0 Å². The predicted molar refractivity (Wildman–Crippen MR) is 81.0 cm³/mol. The van der Waals surface area contributed by atoms with Crippen LogP contribution in [0.5, 0.6) is 0 Å². The van der Waals surface area contributed by atoms with Crippen LogP contribution in [-0.4, -0.2) is 28.8 Å². The molecule has 4 heteroatoms. The zero-order valence-corrected chi connectivity index (χ0v) is 12.2. The van der Waals surface area contributed by atoms with Crippen molar-refractivity contribution in [2.75, 3.05) is 13.1 Å². The fraction of sp³-hybridized carbons (Fsp3) is 0.250. The number of hydrogen-bond donors (Lipinski definition) is 0. The van der Waals surface area contributed by atoms with E-state index >= 15 is 0 Å². The normalized spacial score (nSPS) is 10.8. The van der Waals surface area contributed by atoms with Crippen molar-refractivity contribution in [2.45, 2.75) is 13.5 Å². The summed E-state index contributed by atoms with van der Waals surface area (Å²) >= 11 is 6.05. The number of likely N-dealkylation sites (N-methyl/N-ethyl adjacent to an activating group) is 1. The molecule has 0 bridgehead atoms. The Labute approximate surface area is 124 Å². The van der Waals surface area contributed by atoms with E-state index in [2.05, 4.69) is 4.98 Å². The minimum absolute atomic E-state index is 0.0355. The molecule has 0 amide bonds. The van der Waals surface area contributed by atoms with E-state index in [0.29, 0.717) is 23.7 Å². The molecule has 0 atom stereocenters. The third-order valence-electron chi connectivity index (χ3n) is 3.10. The molecule has 0 saturated heterocycles. The van der Waals surface area contributed by atoms with E-state index in [0.717, 1.165) is 12.2 Å². The van der Waals surface area contributed by atoms with E-state index in [1.165, 1.54) is 0 Å². The van der Waals surface area contributed by atoms with Gasteiger partial charge in [-0.15, -0.1) is 0 Å². The van der Waals surface area contributed by atoms with Gasteiger partial charge in [0.2, 0.25) is 0 Å². The number of Topliss-reactive ketones (excluding diaryl/α,β-unsaturated/α-hetero) is 1. The van der Waals surface area contributed by atoms with Gasteiger partial charge in [-0.2, -0.15) is 0 Å². The highest BCUT2D eigenvalue weighted by molar-refractivity contribution is 6.34. The maximum absolute atomic E-state index is 12.3. The molecule has 2 aromatic rings. The standard InChI is InChI=1S/C16H17ClN2O/c1-2-19(11-13-7-5-6-10-18-13)12-16(20)14-8-3-4-9-15(14)17/h3-10H,2,11-12H2,1H3. The van der Waals surface area contributed by atoms with Gasteiger partial charge in [-0.3, -0.25) is 14.7 Å². The van der Waals surface area contributed by atoms with Gasteiger partial charge in [-0.25, -0.2) is 0 Å². The average Bonchev–Trinajstić information content (AvgIpc) is 2.48. The maximum Gasteiger partial charge on any atom is 0.178 e. The molecular formula is C16H17ClN2O. The predicted octanol–water partition coefficient (Wildman–Crippen LogP) is 3.44. The number of carbonyl (C=O) groups excluding carboxylic acids is 1. The summed E-state index contributed by atoms with van der Waals surface area (Å²) in [6.45, 7) is 3.82. The number of carbonyl (C=O) groups is 1. The highest BCUT2D eigenvalue weighted by Crippen LogP contribution is 2.16. The van der Waals surface area contributed by atoms with Gasteiger partial charge in [0.05, 0.1) is 17.3 Å². The van der Waals surface area contributed by atoms with Crippen LogP contribution in [0.15, 0.2) is 48.7 Å². The molecule has 0 N–H and O–H groups in total. The van der Waals surface area contributed by atoms with Crippen LogP contribution in [0.1, 0.15) is 23.0 Å². The summed E-state index contributed by atoms with van der Waals surface area (Å²) in [4.78, 5) is 18.6. The molecule has 2 rings (SSSR count). The molecule has 1 heterocycles. The first kappa shape index (κ1) is 14.7. The molecular weight excluding hydrogens is 272 g/mol. The molecule has 1 aromatic heterocycles. The first-order chi connectivity index (χ1) is 9.70. The topological polar surface area (TPSA) is 33.2 Å². The summed E-state index contributed by atoms with van der Waals surface area (Å²) < 4.78 is 0. The van der Waals surface area contributed by atoms with Crippen molar-refractivity contribution in [3.05, 3.63) is 64.9 Å². The second-order valence-corrected chi connectivity index (χ2v) is 4.93. The number of nitrogens with zero attached hydrogens (tertiary/aromatic N) is 2. The van der Waals surface area contributed by atoms with Crippen LogP contribution in [-0.2, 0) is 6.54 Å². The zero-order chi connectivity index (χ0) is 14.4. The molecule has 104 valence electrons. The largest absolute Gasteiger partial charge is 0.293 e. The fourth-order valence-corrected chi connectivity index (χ4v) is 2.22. The Balaban J connectivity index is 2.03. The van der Waals surface area contributed by atoms with Crippen LogP contribution in [0.2, 0.25) is 5.02 Å². The van der Waals surface area contributed by atoms with Gasteiger partial charge in [-0.05, 0) is 30.8 Å². The van der Waals surface area contributed by atoms with Crippen LogP contribution in [0, 0.1) is 0 Å². The lowest BCUT2D eigenvalue weighted by Gasteiger charge is -2.19. The minimum atomic E-state index is 0.0355. The van der Waals surface area contributed by atoms with Gasteiger partial charge < -0.3 is 0 Å². The van der Waals surface area contributed by atoms with E-state index in [9.17, 15) is 4.79 Å². The second kappa shape index (κ2) is 7.17. The Morgan fingerprint density at radius 3 is 2.60 bits per heavy atom. The smallest absolute Gasteiger partial charge is 0.178 e. The summed E-state index contributed by atoms with van der Waals surface area (Å²) in [5, 5.41) is 0.506. The molecule has 1 aromatic carbocycles. The van der Waals surface area contributed by atoms with Crippen LogP contribution in [0.4, 0.5) is 0 Å². The Morgan fingerprint density at radius 2 is 1.95 bits per heavy atom. The number of ketones is 1. The number of pyridine rings is 1. The SMILES string of the molecule is CCN(CC(=O)c1ccccc1Cl)Cc1ccccn1. The second-order valence-electron chi connectivity index (χ2n) is 4.53. The first-order valence-corrected chi connectivity index (χ1v) is 6.98. The van der Waals surface area contributed by atoms with Gasteiger partial charge in [0.25, 0.3) is 0 Å². The lowest BCUT2D eigenvalue weighted by molar-refractivity contribution is 0.0929. The molecule has 0 aliphatic heterocycles. The van der Waals surface area contributed by atoms with Crippen LogP contribution in [0.3, 0.4) is 0 Å². The third kappa shape index (κ3) is 3.89. The summed E-state index contributed by atoms with van der Waals surface area (Å²) in [5.74, 6) is 0.0355. The molecule has 3 nitrogen and oxygen atoms in total. The van der Waals surface area contributed by atoms with Crippen molar-refractivity contribution < 1.29 is 4.79 Å². The number of halogens is 1. The Hall–Kier alpha value is -1.71. The highest BCUT2D eigenvalue weighted by Gasteiger charge is 2.14. The van der Waals surface area contributed by atoms with E-state index in [1.807, 2.05) is 42.2 Å². The number of benzene rings is 1. The monoisotopic (exact) mass is 288 g/mol. The number of rotatable bonds is 6. The summed E-state index contributed by atoms with van der Waals surface area (Å²) in [6.07, 6.45) is 1.76. The third-order valence-corrected chi connectivity index (χ3v) is 3.43. The first-order valence-electron chi connectivity index (χ1n) is 6.60. The zero-order valence-electron chi connectivity index (χ0n) is 11.4. The molecule has 0 radical (unpaired) electrons. The van der Waals surface area contributed by atoms with Gasteiger partial charge >= 0.3 is 0 Å². The number of hydrogen-bond acceptors (Lipinski definition) is 3. The molecule has 0 unspecified atom stereocenters. The van der Waals surface area contributed by atoms with Gasteiger partial charge in [0.15, 0.2) is 5.78 Å². The Kier molecular flexibility index (Phi) is 5.27. The van der Waals surface area contributed by atoms with Crippen LogP contribution >= 0.6 is 11.6 Å². The molecule has 0 aliphatic rings. The van der Waals surface area contributed by atoms with E-state index in [4.69, 9.17) is 11.6 Å². The van der Waals surface area contributed by atoms with Crippen molar-refractivity contribution in [1.82, 2.24) is 9.88 Å². The van der Waals surface area contributed by atoms with Gasteiger partial charge in [-0.1, -0.05) is 36.7 Å². The molecule has 0 saturated carbocycles. The molecule has 20 heavy (non-hydrogen) atoms. The average molecular weight is 289 g/mol. The quantitative estimate of drug-likeness (QED) is 0.764. The van der Waals surface area contributed by atoms with Gasteiger partial charge in [0.1, 0.15) is 0 Å². The van der Waals surface area contributed by atoms with Crippen LogP contribution in [0.25, 0.3) is 0 Å². The summed E-state index contributed by atoms with van der Waals surface area (Å²) in [5.41, 5.74) is 1.54. The van der Waals surface area contributed by atoms with Crippen molar-refractivity contribution in [3.63, 3.8) is 0 Å². The van der Waals surface area contributed by atoms with E-state index < -0.39 is 0 Å². The lowest BCUT2D eigenvalue weighted by atomic mass is 10.1. The fourth-order valence-electron chi connectivity index (χ4n) is 1.98. The molecule has 0 fully saturated rings. The van der Waals surface area contributed by atoms with E-state index in [1.54, 1.807) is 18.3 Å². The Bertz CT molecular complexity index is 572. The molecule has 0 aliphatic carbocycles. The van der Waals surface area contributed by atoms with Crippen molar-refractivity contribution in [2.24, 2.45) is 0 Å². The summed E-state index contributed by atoms with van der Waals surface area (Å²) in [6, 6.07) is 12.9.